The van der Waals surface area contributed by atoms with Crippen molar-refractivity contribution in [1.82, 2.24) is 14.9 Å². The van der Waals surface area contributed by atoms with E-state index in [1.165, 1.54) is 13.1 Å². The molecule has 0 N–H and O–H groups in total. The fourth-order valence-corrected chi connectivity index (χ4v) is 4.67. The molecule has 2 fully saturated rings. The first-order valence-electron chi connectivity index (χ1n) is 9.19. The molecule has 3 aliphatic rings. The van der Waals surface area contributed by atoms with Gasteiger partial charge in [-0.3, -0.25) is 0 Å². The van der Waals surface area contributed by atoms with Crippen molar-refractivity contribution in [3.05, 3.63) is 33.5 Å². The van der Waals surface area contributed by atoms with E-state index in [0.717, 1.165) is 71.2 Å². The third kappa shape index (κ3) is 3.37. The summed E-state index contributed by atoms with van der Waals surface area (Å²) >= 11 is 6.96. The van der Waals surface area contributed by atoms with Crippen molar-refractivity contribution in [2.45, 2.75) is 12.8 Å². The van der Waals surface area contributed by atoms with E-state index in [0.29, 0.717) is 5.41 Å². The third-order valence-electron chi connectivity index (χ3n) is 5.37. The van der Waals surface area contributed by atoms with Gasteiger partial charge >= 0.3 is 0 Å². The Morgan fingerprint density at radius 1 is 0.926 bits per heavy atom. The lowest BCUT2D eigenvalue weighted by Gasteiger charge is -2.55. The summed E-state index contributed by atoms with van der Waals surface area (Å²) in [5, 5.41) is 0. The Balaban J connectivity index is 1.26. The molecule has 0 aliphatic carbocycles. The number of pyridine rings is 2. The van der Waals surface area contributed by atoms with Crippen LogP contribution in [0.15, 0.2) is 33.5 Å². The molecule has 2 aromatic heterocycles. The molecule has 142 valence electrons. The van der Waals surface area contributed by atoms with Crippen LogP contribution in [0.2, 0.25) is 0 Å². The molecule has 3 aliphatic heterocycles. The van der Waals surface area contributed by atoms with Crippen LogP contribution in [0.25, 0.3) is 0 Å². The fraction of sp³-hybridized carbons (Fsp3) is 0.474. The van der Waals surface area contributed by atoms with E-state index in [-0.39, 0.29) is 0 Å². The van der Waals surface area contributed by atoms with Gasteiger partial charge in [-0.05, 0) is 51.2 Å². The molecule has 0 radical (unpaired) electrons. The average Bonchev–Trinajstić information content (AvgIpc) is 2.57. The lowest BCUT2D eigenvalue weighted by atomic mass is 9.78. The van der Waals surface area contributed by atoms with E-state index >= 15 is 0 Å². The van der Waals surface area contributed by atoms with E-state index in [2.05, 4.69) is 51.6 Å². The van der Waals surface area contributed by atoms with E-state index < -0.39 is 0 Å². The number of hydrogen-bond donors (Lipinski definition) is 0. The van der Waals surface area contributed by atoms with Gasteiger partial charge in [0.2, 0.25) is 0 Å². The van der Waals surface area contributed by atoms with Gasteiger partial charge in [-0.2, -0.15) is 0 Å². The first kappa shape index (κ1) is 17.8. The standard InChI is InChI=1S/C19H20Br2N4O2/c20-13-5-15-17(22-7-13)25(18-16(27-15)6-14(21)8-23-18)4-2-1-3-24-9-19(10-24)11-26-12-19/h5-8H,1-4,9-12H2. The fourth-order valence-electron chi connectivity index (χ4n) is 4.05. The number of rotatable bonds is 5. The van der Waals surface area contributed by atoms with Crippen molar-refractivity contribution in [1.29, 1.82) is 0 Å². The van der Waals surface area contributed by atoms with Gasteiger partial charge in [0.15, 0.2) is 23.1 Å². The molecule has 5 rings (SSSR count). The number of anilines is 2. The Morgan fingerprint density at radius 2 is 1.52 bits per heavy atom. The number of aromatic nitrogens is 2. The Morgan fingerprint density at radius 3 is 2.07 bits per heavy atom. The summed E-state index contributed by atoms with van der Waals surface area (Å²) in [6, 6.07) is 3.92. The Kier molecular flexibility index (Phi) is 4.62. The molecule has 5 heterocycles. The maximum Gasteiger partial charge on any atom is 0.177 e. The summed E-state index contributed by atoms with van der Waals surface area (Å²) in [6.07, 6.45) is 5.85. The van der Waals surface area contributed by atoms with Crippen LogP contribution in [0.4, 0.5) is 11.6 Å². The van der Waals surface area contributed by atoms with Gasteiger partial charge < -0.3 is 19.3 Å². The number of nitrogens with zero attached hydrogens (tertiary/aromatic N) is 4. The van der Waals surface area contributed by atoms with Crippen LogP contribution in [-0.2, 0) is 4.74 Å². The molecule has 0 saturated carbocycles. The molecule has 27 heavy (non-hydrogen) atoms. The van der Waals surface area contributed by atoms with Gasteiger partial charge in [0.25, 0.3) is 0 Å². The van der Waals surface area contributed by atoms with Gasteiger partial charge in [-0.1, -0.05) is 0 Å². The summed E-state index contributed by atoms with van der Waals surface area (Å²) in [5.41, 5.74) is 0.497. The van der Waals surface area contributed by atoms with Crippen molar-refractivity contribution in [2.75, 3.05) is 44.3 Å². The van der Waals surface area contributed by atoms with E-state index in [9.17, 15) is 0 Å². The molecule has 0 aromatic carbocycles. The van der Waals surface area contributed by atoms with Crippen LogP contribution in [0.5, 0.6) is 11.5 Å². The van der Waals surface area contributed by atoms with E-state index in [4.69, 9.17) is 9.47 Å². The highest BCUT2D eigenvalue weighted by Gasteiger charge is 2.48. The first-order chi connectivity index (χ1) is 13.1. The zero-order valence-corrected chi connectivity index (χ0v) is 18.0. The maximum atomic E-state index is 6.04. The highest BCUT2D eigenvalue weighted by Crippen LogP contribution is 2.46. The summed E-state index contributed by atoms with van der Waals surface area (Å²) in [6.45, 7) is 6.31. The molecular formula is C19H20Br2N4O2. The SMILES string of the molecule is Brc1cnc2c(c1)Oc1cc(Br)cnc1N2CCCCN1CC2(COC2)C1. The average molecular weight is 496 g/mol. The molecule has 1 spiro atoms. The van der Waals surface area contributed by atoms with Gasteiger partial charge in [0.05, 0.1) is 13.2 Å². The van der Waals surface area contributed by atoms with Crippen LogP contribution < -0.4 is 9.64 Å². The number of ether oxygens (including phenoxy) is 2. The maximum absolute atomic E-state index is 6.04. The number of likely N-dealkylation sites (tertiary alicyclic amines) is 1. The van der Waals surface area contributed by atoms with Crippen LogP contribution in [0, 0.1) is 5.41 Å². The topological polar surface area (TPSA) is 50.7 Å². The molecule has 6 nitrogen and oxygen atoms in total. The quantitative estimate of drug-likeness (QED) is 0.574. The molecule has 8 heteroatoms. The molecule has 2 saturated heterocycles. The van der Waals surface area contributed by atoms with E-state index in [1.54, 1.807) is 12.4 Å². The zero-order valence-electron chi connectivity index (χ0n) is 14.8. The predicted molar refractivity (Wildman–Crippen MR) is 110 cm³/mol. The van der Waals surface area contributed by atoms with Crippen LogP contribution in [0.3, 0.4) is 0 Å². The van der Waals surface area contributed by atoms with Crippen LogP contribution >= 0.6 is 31.9 Å². The Bertz CT molecular complexity index is 815. The minimum absolute atomic E-state index is 0.497. The molecule has 0 unspecified atom stereocenters. The van der Waals surface area contributed by atoms with Gasteiger partial charge in [0, 0.05) is 58.5 Å². The number of unbranched alkanes of at least 4 members (excludes halogenated alkanes) is 1. The highest BCUT2D eigenvalue weighted by molar-refractivity contribution is 9.10. The molecule has 0 bridgehead atoms. The highest BCUT2D eigenvalue weighted by atomic mass is 79.9. The number of halogens is 2. The lowest BCUT2D eigenvalue weighted by Crippen LogP contribution is -2.65. The summed E-state index contributed by atoms with van der Waals surface area (Å²) in [5.74, 6) is 3.17. The lowest BCUT2D eigenvalue weighted by molar-refractivity contribution is -0.188. The van der Waals surface area contributed by atoms with Crippen molar-refractivity contribution in [3.8, 4) is 11.5 Å². The second kappa shape index (κ2) is 6.99. The van der Waals surface area contributed by atoms with Crippen molar-refractivity contribution in [2.24, 2.45) is 5.41 Å². The Labute approximate surface area is 175 Å². The molecule has 0 amide bonds. The summed E-state index contributed by atoms with van der Waals surface area (Å²) in [4.78, 5) is 13.9. The third-order valence-corrected chi connectivity index (χ3v) is 6.24. The second-order valence-corrected chi connectivity index (χ2v) is 9.45. The van der Waals surface area contributed by atoms with Crippen LogP contribution in [0.1, 0.15) is 12.8 Å². The van der Waals surface area contributed by atoms with Crippen molar-refractivity contribution >= 4 is 43.5 Å². The largest absolute Gasteiger partial charge is 0.449 e. The van der Waals surface area contributed by atoms with Crippen LogP contribution in [-0.4, -0.2) is 54.3 Å². The molecule has 2 aromatic rings. The predicted octanol–water partition coefficient (Wildman–Crippen LogP) is 4.36. The first-order valence-corrected chi connectivity index (χ1v) is 10.8. The van der Waals surface area contributed by atoms with E-state index in [1.807, 2.05) is 12.1 Å². The summed E-state index contributed by atoms with van der Waals surface area (Å²) in [7, 11) is 0. The van der Waals surface area contributed by atoms with Gasteiger partial charge in [-0.25, -0.2) is 9.97 Å². The van der Waals surface area contributed by atoms with Crippen molar-refractivity contribution in [3.63, 3.8) is 0 Å². The number of hydrogen-bond acceptors (Lipinski definition) is 6. The second-order valence-electron chi connectivity index (χ2n) is 7.61. The zero-order chi connectivity index (χ0) is 18.4. The molecule has 0 atom stereocenters. The Hall–Kier alpha value is -1.22. The van der Waals surface area contributed by atoms with Gasteiger partial charge in [-0.15, -0.1) is 0 Å². The van der Waals surface area contributed by atoms with Crippen molar-refractivity contribution < 1.29 is 9.47 Å². The minimum Gasteiger partial charge on any atom is -0.449 e. The minimum atomic E-state index is 0.497. The monoisotopic (exact) mass is 494 g/mol. The smallest absolute Gasteiger partial charge is 0.177 e. The molecular weight excluding hydrogens is 476 g/mol. The van der Waals surface area contributed by atoms with Gasteiger partial charge in [0.1, 0.15) is 0 Å². The summed E-state index contributed by atoms with van der Waals surface area (Å²) < 4.78 is 13.2. The number of fused-ring (bicyclic) bond motifs is 2. The normalized spacial score (nSPS) is 19.7.